The first-order valence-corrected chi connectivity index (χ1v) is 7.31. The van der Waals surface area contributed by atoms with Crippen molar-refractivity contribution in [2.75, 3.05) is 0 Å². The zero-order chi connectivity index (χ0) is 17.4. The Labute approximate surface area is 134 Å². The Kier molecular flexibility index (Phi) is 4.27. The maximum atomic E-state index is 12.1. The molecule has 1 aromatic carbocycles. The fraction of sp³-hybridized carbons (Fsp3) is 0.353. The van der Waals surface area contributed by atoms with Crippen LogP contribution in [0.1, 0.15) is 37.5 Å². The number of H-pyrrole nitrogens is 1. The van der Waals surface area contributed by atoms with Crippen LogP contribution in [0.5, 0.6) is 5.88 Å². The molecule has 2 aromatic rings. The Balaban J connectivity index is 2.70. The molecule has 0 fully saturated rings. The third-order valence-electron chi connectivity index (χ3n) is 3.45. The van der Waals surface area contributed by atoms with Gasteiger partial charge < -0.3 is 5.11 Å². The van der Waals surface area contributed by atoms with Crippen molar-refractivity contribution < 1.29 is 5.11 Å². The quantitative estimate of drug-likeness (QED) is 0.832. The smallest absolute Gasteiger partial charge is 0.335 e. The number of nitrogens with one attached hydrogen (secondary N) is 1. The van der Waals surface area contributed by atoms with E-state index < -0.39 is 22.7 Å². The molecule has 0 bridgehead atoms. The predicted molar refractivity (Wildman–Crippen MR) is 91.1 cm³/mol. The summed E-state index contributed by atoms with van der Waals surface area (Å²) in [5.74, 6) is -0.421. The number of hydrogen-bond acceptors (Lipinski definition) is 4. The minimum Gasteiger partial charge on any atom is -0.493 e. The highest BCUT2D eigenvalue weighted by Gasteiger charge is 2.15. The molecule has 0 aliphatic heterocycles. The van der Waals surface area contributed by atoms with Gasteiger partial charge in [0, 0.05) is 6.21 Å². The average Bonchev–Trinajstić information content (AvgIpc) is 2.40. The van der Waals surface area contributed by atoms with Gasteiger partial charge in [-0.05, 0) is 57.9 Å². The van der Waals surface area contributed by atoms with Gasteiger partial charge in [-0.2, -0.15) is 0 Å². The minimum absolute atomic E-state index is 0.0437. The predicted octanol–water partition coefficient (Wildman–Crippen LogP) is 2.07. The summed E-state index contributed by atoms with van der Waals surface area (Å²) in [6, 6.07) is 5.34. The average molecular weight is 315 g/mol. The lowest BCUT2D eigenvalue weighted by atomic mass is 10.1. The van der Waals surface area contributed by atoms with Crippen molar-refractivity contribution in [3.63, 3.8) is 0 Å². The molecule has 122 valence electrons. The summed E-state index contributed by atoms with van der Waals surface area (Å²) in [4.78, 5) is 30.5. The van der Waals surface area contributed by atoms with Crippen LogP contribution in [0.25, 0.3) is 5.69 Å². The van der Waals surface area contributed by atoms with Crippen molar-refractivity contribution in [2.24, 2.45) is 4.99 Å². The van der Waals surface area contributed by atoms with Gasteiger partial charge in [0.05, 0.1) is 11.2 Å². The Morgan fingerprint density at radius 3 is 2.39 bits per heavy atom. The van der Waals surface area contributed by atoms with E-state index in [4.69, 9.17) is 0 Å². The van der Waals surface area contributed by atoms with Crippen LogP contribution in [-0.4, -0.2) is 26.4 Å². The van der Waals surface area contributed by atoms with Gasteiger partial charge in [0.15, 0.2) is 0 Å². The maximum Gasteiger partial charge on any atom is 0.335 e. The Hall–Kier alpha value is -2.63. The fourth-order valence-corrected chi connectivity index (χ4v) is 2.02. The number of aromatic hydroxyl groups is 1. The number of benzene rings is 1. The van der Waals surface area contributed by atoms with Crippen molar-refractivity contribution in [1.29, 1.82) is 0 Å². The molecule has 1 heterocycles. The van der Waals surface area contributed by atoms with Gasteiger partial charge in [0.25, 0.3) is 5.56 Å². The van der Waals surface area contributed by atoms with E-state index in [1.807, 2.05) is 40.7 Å². The number of aromatic nitrogens is 2. The van der Waals surface area contributed by atoms with Crippen LogP contribution in [0.2, 0.25) is 0 Å². The molecule has 2 rings (SSSR count). The lowest BCUT2D eigenvalue weighted by Crippen LogP contribution is -2.31. The number of rotatable bonds is 2. The van der Waals surface area contributed by atoms with Gasteiger partial charge in [-0.25, -0.2) is 9.36 Å². The summed E-state index contributed by atoms with van der Waals surface area (Å²) >= 11 is 0. The van der Waals surface area contributed by atoms with Crippen LogP contribution >= 0.6 is 0 Å². The molecule has 2 N–H and O–H groups in total. The van der Waals surface area contributed by atoms with Gasteiger partial charge in [0.2, 0.25) is 5.88 Å². The normalized spacial score (nSPS) is 12.0. The third-order valence-corrected chi connectivity index (χ3v) is 3.45. The van der Waals surface area contributed by atoms with E-state index >= 15 is 0 Å². The van der Waals surface area contributed by atoms with E-state index in [9.17, 15) is 14.7 Å². The van der Waals surface area contributed by atoms with E-state index in [-0.39, 0.29) is 5.56 Å². The minimum atomic E-state index is -0.691. The van der Waals surface area contributed by atoms with Crippen LogP contribution in [0, 0.1) is 13.8 Å². The molecule has 0 atom stereocenters. The van der Waals surface area contributed by atoms with Crippen LogP contribution in [0.15, 0.2) is 32.8 Å². The van der Waals surface area contributed by atoms with Crippen molar-refractivity contribution in [3.8, 4) is 11.6 Å². The van der Waals surface area contributed by atoms with Gasteiger partial charge in [0.1, 0.15) is 5.56 Å². The largest absolute Gasteiger partial charge is 0.493 e. The maximum absolute atomic E-state index is 12.1. The highest BCUT2D eigenvalue weighted by molar-refractivity contribution is 5.82. The van der Waals surface area contributed by atoms with Crippen molar-refractivity contribution in [2.45, 2.75) is 40.2 Å². The highest BCUT2D eigenvalue weighted by Crippen LogP contribution is 2.18. The van der Waals surface area contributed by atoms with Crippen LogP contribution in [-0.2, 0) is 0 Å². The topological polar surface area (TPSA) is 87.4 Å². The molecule has 0 unspecified atom stereocenters. The summed E-state index contributed by atoms with van der Waals surface area (Å²) in [6.45, 7) is 9.47. The van der Waals surface area contributed by atoms with E-state index in [1.54, 1.807) is 12.1 Å². The first-order chi connectivity index (χ1) is 10.6. The molecule has 0 saturated heterocycles. The van der Waals surface area contributed by atoms with Crippen LogP contribution < -0.4 is 11.2 Å². The second-order valence-corrected chi connectivity index (χ2v) is 6.53. The molecule has 0 aliphatic carbocycles. The number of hydrogen-bond donors (Lipinski definition) is 2. The molecule has 0 aliphatic rings. The Morgan fingerprint density at radius 2 is 1.83 bits per heavy atom. The summed E-state index contributed by atoms with van der Waals surface area (Å²) < 4.78 is 1.07. The van der Waals surface area contributed by atoms with Crippen molar-refractivity contribution >= 4 is 6.21 Å². The molecule has 6 nitrogen and oxygen atoms in total. The van der Waals surface area contributed by atoms with Crippen LogP contribution in [0.4, 0.5) is 0 Å². The summed E-state index contributed by atoms with van der Waals surface area (Å²) in [5, 5.41) is 10.4. The Bertz CT molecular complexity index is 883. The monoisotopic (exact) mass is 315 g/mol. The molecule has 0 spiro atoms. The summed E-state index contributed by atoms with van der Waals surface area (Å²) in [7, 11) is 0. The zero-order valence-corrected chi connectivity index (χ0v) is 14.0. The SMILES string of the molecule is Cc1ccc(-n2c(O)c(C=NC(C)(C)C)c(=O)[nH]c2=O)cc1C. The summed E-state index contributed by atoms with van der Waals surface area (Å²) in [6.07, 6.45) is 1.30. The molecule has 23 heavy (non-hydrogen) atoms. The molecular formula is C17H21N3O3. The number of aromatic amines is 1. The van der Waals surface area contributed by atoms with Gasteiger partial charge in [-0.1, -0.05) is 6.07 Å². The Morgan fingerprint density at radius 1 is 1.17 bits per heavy atom. The van der Waals surface area contributed by atoms with Gasteiger partial charge in [-0.3, -0.25) is 14.8 Å². The van der Waals surface area contributed by atoms with Gasteiger partial charge in [-0.15, -0.1) is 0 Å². The number of nitrogens with zero attached hydrogens (tertiary/aromatic N) is 2. The summed E-state index contributed by atoms with van der Waals surface area (Å²) in [5.41, 5.74) is 0.727. The molecule has 0 radical (unpaired) electrons. The number of aliphatic imine (C=N–C) groups is 1. The second kappa shape index (κ2) is 5.87. The molecular weight excluding hydrogens is 294 g/mol. The van der Waals surface area contributed by atoms with E-state index in [1.165, 1.54) is 6.21 Å². The number of aryl methyl sites for hydroxylation is 2. The van der Waals surface area contributed by atoms with E-state index in [0.29, 0.717) is 5.69 Å². The molecule has 0 saturated carbocycles. The lowest BCUT2D eigenvalue weighted by molar-refractivity contribution is 0.430. The molecule has 6 heteroatoms. The zero-order valence-electron chi connectivity index (χ0n) is 14.0. The van der Waals surface area contributed by atoms with Crippen molar-refractivity contribution in [1.82, 2.24) is 9.55 Å². The van der Waals surface area contributed by atoms with E-state index in [0.717, 1.165) is 15.7 Å². The third kappa shape index (κ3) is 3.59. The fourth-order valence-electron chi connectivity index (χ4n) is 2.02. The highest BCUT2D eigenvalue weighted by atomic mass is 16.3. The van der Waals surface area contributed by atoms with Crippen LogP contribution in [0.3, 0.4) is 0 Å². The van der Waals surface area contributed by atoms with Crippen molar-refractivity contribution in [3.05, 3.63) is 55.7 Å². The first-order valence-electron chi connectivity index (χ1n) is 7.31. The lowest BCUT2D eigenvalue weighted by Gasteiger charge is -2.13. The second-order valence-electron chi connectivity index (χ2n) is 6.53. The first kappa shape index (κ1) is 16.7. The van der Waals surface area contributed by atoms with Gasteiger partial charge >= 0.3 is 5.69 Å². The van der Waals surface area contributed by atoms with E-state index in [2.05, 4.69) is 9.98 Å². The standard InChI is InChI=1S/C17H21N3O3/c1-10-6-7-12(8-11(10)2)20-15(22)13(9-18-17(3,4)5)14(21)19-16(20)23/h6-9,22H,1-5H3,(H,19,21,23). The molecule has 1 aromatic heterocycles. The molecule has 0 amide bonds.